The molecule has 0 unspecified atom stereocenters. The fraction of sp³-hybridized carbons (Fsp3) is 0.130. The number of hydrazone groups is 1. The van der Waals surface area contributed by atoms with Crippen molar-refractivity contribution in [1.82, 2.24) is 15.6 Å². The molecular weight excluding hydrogens is 476 g/mol. The number of amides is 1. The molecule has 1 amide bonds. The number of hydrogen-bond donors (Lipinski definition) is 2. The maximum absolute atomic E-state index is 12.1. The van der Waals surface area contributed by atoms with E-state index in [1.165, 1.54) is 58.8 Å². The molecule has 168 valence electrons. The van der Waals surface area contributed by atoms with Crippen LogP contribution in [0.1, 0.15) is 11.1 Å². The maximum Gasteiger partial charge on any atom is 0.250 e. The van der Waals surface area contributed by atoms with Gasteiger partial charge in [-0.25, -0.2) is 5.43 Å². The van der Waals surface area contributed by atoms with Crippen LogP contribution in [0.4, 0.5) is 0 Å². The molecule has 0 radical (unpaired) electrons. The molecule has 0 aliphatic carbocycles. The van der Waals surface area contributed by atoms with Crippen molar-refractivity contribution < 1.29 is 14.6 Å². The van der Waals surface area contributed by atoms with E-state index in [1.807, 2.05) is 12.1 Å². The molecule has 1 heterocycles. The van der Waals surface area contributed by atoms with Crippen molar-refractivity contribution in [3.8, 4) is 11.5 Å². The number of methoxy groups -OCH3 is 1. The summed E-state index contributed by atoms with van der Waals surface area (Å²) in [4.78, 5) is 12.1. The normalized spacial score (nSPS) is 11.2. The minimum Gasteiger partial charge on any atom is -0.504 e. The predicted molar refractivity (Wildman–Crippen MR) is 135 cm³/mol. The first-order chi connectivity index (χ1) is 16.1. The summed E-state index contributed by atoms with van der Waals surface area (Å²) < 4.78 is 6.65. The fourth-order valence-electron chi connectivity index (χ4n) is 2.98. The molecule has 7 nitrogen and oxygen atoms in total. The van der Waals surface area contributed by atoms with Crippen LogP contribution >= 0.6 is 34.9 Å². The summed E-state index contributed by atoms with van der Waals surface area (Å²) in [5.41, 5.74) is 4.43. The number of carbonyl (C=O) groups excluding carboxylic acids is 1. The van der Waals surface area contributed by atoms with Crippen LogP contribution in [0.25, 0.3) is 10.8 Å². The highest BCUT2D eigenvalue weighted by atomic mass is 32.2. The molecule has 0 aliphatic heterocycles. The van der Waals surface area contributed by atoms with E-state index in [0.29, 0.717) is 11.3 Å². The number of phenolic OH excluding ortho intramolecular Hbond substituents is 1. The molecule has 0 saturated heterocycles. The molecule has 0 fully saturated rings. The Bertz CT molecular complexity index is 1290. The number of phenols is 1. The third kappa shape index (κ3) is 6.25. The van der Waals surface area contributed by atoms with Gasteiger partial charge in [0.05, 0.1) is 19.1 Å². The first-order valence-corrected chi connectivity index (χ1v) is 12.7. The van der Waals surface area contributed by atoms with Gasteiger partial charge in [-0.1, -0.05) is 77.3 Å². The van der Waals surface area contributed by atoms with Crippen molar-refractivity contribution in [2.75, 3.05) is 12.9 Å². The van der Waals surface area contributed by atoms with Crippen LogP contribution in [0.15, 0.2) is 74.4 Å². The largest absolute Gasteiger partial charge is 0.504 e. The number of ether oxygens (including phenoxy) is 1. The van der Waals surface area contributed by atoms with E-state index in [4.69, 9.17) is 4.74 Å². The van der Waals surface area contributed by atoms with Gasteiger partial charge in [0.1, 0.15) is 0 Å². The summed E-state index contributed by atoms with van der Waals surface area (Å²) in [6.07, 6.45) is 1.48. The van der Waals surface area contributed by atoms with Gasteiger partial charge in [-0.15, -0.1) is 10.2 Å². The topological polar surface area (TPSA) is 96.7 Å². The van der Waals surface area contributed by atoms with E-state index in [2.05, 4.69) is 51.1 Å². The molecule has 33 heavy (non-hydrogen) atoms. The van der Waals surface area contributed by atoms with Gasteiger partial charge in [0.2, 0.25) is 0 Å². The average molecular weight is 497 g/mol. The second kappa shape index (κ2) is 11.2. The Labute approximate surface area is 203 Å². The Morgan fingerprint density at radius 3 is 2.76 bits per heavy atom. The molecule has 0 aliphatic rings. The van der Waals surface area contributed by atoms with Gasteiger partial charge in [0.25, 0.3) is 5.91 Å². The van der Waals surface area contributed by atoms with Gasteiger partial charge in [0, 0.05) is 5.75 Å². The SMILES string of the molecule is COc1cc(/C=N\NC(=O)CSc2nnc(SCc3cccc4ccccc34)s2)ccc1O. The second-order valence-electron chi connectivity index (χ2n) is 6.77. The third-order valence-electron chi connectivity index (χ3n) is 4.55. The van der Waals surface area contributed by atoms with E-state index in [9.17, 15) is 9.90 Å². The summed E-state index contributed by atoms with van der Waals surface area (Å²) in [7, 11) is 1.47. The third-order valence-corrected chi connectivity index (χ3v) is 7.79. The highest BCUT2D eigenvalue weighted by Gasteiger charge is 2.10. The number of carbonyl (C=O) groups is 1. The van der Waals surface area contributed by atoms with E-state index >= 15 is 0 Å². The van der Waals surface area contributed by atoms with E-state index < -0.39 is 0 Å². The van der Waals surface area contributed by atoms with Crippen molar-refractivity contribution in [1.29, 1.82) is 0 Å². The second-order valence-corrected chi connectivity index (χ2v) is 10.2. The number of rotatable bonds is 9. The lowest BCUT2D eigenvalue weighted by atomic mass is 10.1. The summed E-state index contributed by atoms with van der Waals surface area (Å²) in [6, 6.07) is 19.4. The number of thioether (sulfide) groups is 2. The number of benzene rings is 3. The highest BCUT2D eigenvalue weighted by molar-refractivity contribution is 8.03. The van der Waals surface area contributed by atoms with Gasteiger partial charge in [0.15, 0.2) is 20.2 Å². The average Bonchev–Trinajstić information content (AvgIpc) is 3.30. The monoisotopic (exact) mass is 496 g/mol. The van der Waals surface area contributed by atoms with Crippen molar-refractivity contribution in [3.63, 3.8) is 0 Å². The molecule has 10 heteroatoms. The summed E-state index contributed by atoms with van der Waals surface area (Å²) in [5.74, 6) is 1.12. The Hall–Kier alpha value is -3.08. The van der Waals surface area contributed by atoms with E-state index in [1.54, 1.807) is 23.9 Å². The Morgan fingerprint density at radius 1 is 1.12 bits per heavy atom. The highest BCUT2D eigenvalue weighted by Crippen LogP contribution is 2.32. The molecule has 2 N–H and O–H groups in total. The van der Waals surface area contributed by atoms with Crippen LogP contribution in [0, 0.1) is 0 Å². The van der Waals surface area contributed by atoms with Gasteiger partial charge >= 0.3 is 0 Å². The van der Waals surface area contributed by atoms with Crippen LogP contribution in [0.3, 0.4) is 0 Å². The quantitative estimate of drug-likeness (QED) is 0.192. The predicted octanol–water partition coefficient (Wildman–Crippen LogP) is 4.94. The number of hydrogen-bond acceptors (Lipinski definition) is 9. The van der Waals surface area contributed by atoms with E-state index in [0.717, 1.165) is 14.4 Å². The molecule has 0 bridgehead atoms. The van der Waals surface area contributed by atoms with E-state index in [-0.39, 0.29) is 17.4 Å². The smallest absolute Gasteiger partial charge is 0.250 e. The van der Waals surface area contributed by atoms with Gasteiger partial charge in [-0.2, -0.15) is 5.10 Å². The van der Waals surface area contributed by atoms with Crippen molar-refractivity contribution in [2.24, 2.45) is 5.10 Å². The van der Waals surface area contributed by atoms with Crippen molar-refractivity contribution in [2.45, 2.75) is 14.4 Å². The van der Waals surface area contributed by atoms with Crippen molar-refractivity contribution >= 4 is 57.8 Å². The molecule has 1 aromatic heterocycles. The van der Waals surface area contributed by atoms with Crippen LogP contribution in [0.5, 0.6) is 11.5 Å². The lowest BCUT2D eigenvalue weighted by Gasteiger charge is -2.04. The number of aromatic nitrogens is 2. The first-order valence-electron chi connectivity index (χ1n) is 9.87. The zero-order chi connectivity index (χ0) is 23.0. The van der Waals surface area contributed by atoms with Crippen LogP contribution in [-0.2, 0) is 10.5 Å². The standard InChI is InChI=1S/C23H20N4O3S3/c1-30-20-11-15(9-10-19(20)28)12-24-25-21(29)14-32-23-27-26-22(33-23)31-13-17-7-4-6-16-5-2-3-8-18(16)17/h2-12,28H,13-14H2,1H3,(H,25,29)/b24-12-. The molecular formula is C23H20N4O3S3. The zero-order valence-electron chi connectivity index (χ0n) is 17.6. The number of nitrogens with one attached hydrogen (secondary N) is 1. The molecule has 3 aromatic carbocycles. The van der Waals surface area contributed by atoms with Crippen LogP contribution < -0.4 is 10.2 Å². The van der Waals surface area contributed by atoms with Gasteiger partial charge in [-0.05, 0) is 40.1 Å². The van der Waals surface area contributed by atoms with Crippen LogP contribution in [0.2, 0.25) is 0 Å². The van der Waals surface area contributed by atoms with Gasteiger partial charge in [-0.3, -0.25) is 4.79 Å². The maximum atomic E-state index is 12.1. The van der Waals surface area contributed by atoms with Crippen molar-refractivity contribution in [3.05, 3.63) is 71.8 Å². The molecule has 4 rings (SSSR count). The molecule has 0 atom stereocenters. The Kier molecular flexibility index (Phi) is 7.82. The Balaban J connectivity index is 1.25. The van der Waals surface area contributed by atoms with Crippen LogP contribution in [-0.4, -0.2) is 40.3 Å². The number of fused-ring (bicyclic) bond motifs is 1. The minimum absolute atomic E-state index is 0.0433. The first kappa shape index (κ1) is 23.1. The van der Waals surface area contributed by atoms with Gasteiger partial charge < -0.3 is 9.84 Å². The molecule has 0 saturated carbocycles. The fourth-order valence-corrected chi connectivity index (χ4v) is 5.80. The summed E-state index contributed by atoms with van der Waals surface area (Å²) >= 11 is 4.43. The molecule has 0 spiro atoms. The lowest BCUT2D eigenvalue weighted by molar-refractivity contribution is -0.118. The summed E-state index contributed by atoms with van der Waals surface area (Å²) in [6.45, 7) is 0. The number of aromatic hydroxyl groups is 1. The Morgan fingerprint density at radius 2 is 1.91 bits per heavy atom. The lowest BCUT2D eigenvalue weighted by Crippen LogP contribution is -2.19. The zero-order valence-corrected chi connectivity index (χ0v) is 20.0. The molecule has 4 aromatic rings. The summed E-state index contributed by atoms with van der Waals surface area (Å²) in [5, 5.41) is 24.4. The minimum atomic E-state index is -0.248. The number of nitrogens with zero attached hydrogens (tertiary/aromatic N) is 3.